The van der Waals surface area contributed by atoms with Crippen LogP contribution in [-0.2, 0) is 6.42 Å². The molecule has 0 spiro atoms. The highest BCUT2D eigenvalue weighted by Gasteiger charge is 2.20. The maximum atomic E-state index is 6.83. The minimum absolute atomic E-state index is 0.0918. The van der Waals surface area contributed by atoms with Crippen LogP contribution in [0.3, 0.4) is 0 Å². The third-order valence-electron chi connectivity index (χ3n) is 9.14. The molecule has 3 nitrogen and oxygen atoms in total. The standard InChI is InChI=1S/C45H43N3/c1-4-37(26-28-43(47)39(20-10-5-6-15-29-46)34-17-8-7-9-18-34)48-44-22-14-13-21-40(44)41-27-25-36(31-45(41)48)35-24-23-33(3)42(30-35)38-19-12-11-16-32(38)2/h4-12,14-20,22-31,39H,1,13,21,46-47H2,2-3H3/b6-5-,20-10-,29-15+,37-26+,43-28+. The zero-order valence-electron chi connectivity index (χ0n) is 27.8. The van der Waals surface area contributed by atoms with Gasteiger partial charge in [0, 0.05) is 28.4 Å². The van der Waals surface area contributed by atoms with Crippen molar-refractivity contribution in [2.45, 2.75) is 32.6 Å². The second kappa shape index (κ2) is 14.7. The van der Waals surface area contributed by atoms with Gasteiger partial charge in [-0.2, -0.15) is 0 Å². The van der Waals surface area contributed by atoms with E-state index in [4.69, 9.17) is 11.5 Å². The number of nitrogens with two attached hydrogens (primary N) is 2. The van der Waals surface area contributed by atoms with Crippen LogP contribution in [0.1, 0.15) is 40.3 Å². The maximum absolute atomic E-state index is 6.83. The third kappa shape index (κ3) is 6.67. The van der Waals surface area contributed by atoms with Gasteiger partial charge in [-0.15, -0.1) is 0 Å². The van der Waals surface area contributed by atoms with E-state index in [1.807, 2.05) is 48.6 Å². The molecule has 48 heavy (non-hydrogen) atoms. The molecule has 0 radical (unpaired) electrons. The van der Waals surface area contributed by atoms with Crippen molar-refractivity contribution in [1.29, 1.82) is 0 Å². The number of nitrogens with zero attached hydrogens (tertiary/aromatic N) is 1. The Balaban J connectivity index is 1.45. The van der Waals surface area contributed by atoms with Gasteiger partial charge in [0.2, 0.25) is 0 Å². The molecular weight excluding hydrogens is 583 g/mol. The number of aromatic nitrogens is 1. The fourth-order valence-electron chi connectivity index (χ4n) is 6.62. The van der Waals surface area contributed by atoms with E-state index in [1.54, 1.807) is 6.08 Å². The molecule has 238 valence electrons. The normalized spacial score (nSPS) is 14.4. The molecule has 5 aromatic rings. The summed E-state index contributed by atoms with van der Waals surface area (Å²) >= 11 is 0. The van der Waals surface area contributed by atoms with Crippen molar-refractivity contribution in [2.75, 3.05) is 0 Å². The first-order chi connectivity index (χ1) is 23.5. The molecule has 1 aromatic heterocycles. The van der Waals surface area contributed by atoms with Gasteiger partial charge in [0.25, 0.3) is 0 Å². The molecule has 1 aliphatic carbocycles. The molecule has 0 fully saturated rings. The predicted molar refractivity (Wildman–Crippen MR) is 207 cm³/mol. The van der Waals surface area contributed by atoms with Crippen LogP contribution in [0.25, 0.3) is 44.9 Å². The zero-order chi connectivity index (χ0) is 33.5. The fourth-order valence-corrected chi connectivity index (χ4v) is 6.62. The van der Waals surface area contributed by atoms with Crippen molar-refractivity contribution < 1.29 is 0 Å². The highest BCUT2D eigenvalue weighted by Crippen LogP contribution is 2.38. The molecule has 1 atom stereocenters. The van der Waals surface area contributed by atoms with Crippen molar-refractivity contribution in [3.8, 4) is 22.3 Å². The molecule has 1 unspecified atom stereocenters. The molecule has 0 saturated heterocycles. The molecule has 3 heteroatoms. The zero-order valence-corrected chi connectivity index (χ0v) is 27.8. The fraction of sp³-hybridized carbons (Fsp3) is 0.111. The number of allylic oxidation sites excluding steroid dienone is 10. The summed E-state index contributed by atoms with van der Waals surface area (Å²) < 4.78 is 2.34. The summed E-state index contributed by atoms with van der Waals surface area (Å²) in [5.74, 6) is -0.0918. The van der Waals surface area contributed by atoms with E-state index < -0.39 is 0 Å². The van der Waals surface area contributed by atoms with Crippen LogP contribution in [0.15, 0.2) is 164 Å². The average Bonchev–Trinajstić information content (AvgIpc) is 3.44. The van der Waals surface area contributed by atoms with Crippen molar-refractivity contribution in [1.82, 2.24) is 4.57 Å². The quantitative estimate of drug-likeness (QED) is 0.152. The molecule has 0 bridgehead atoms. The Bertz CT molecular complexity index is 2130. The lowest BCUT2D eigenvalue weighted by Gasteiger charge is -2.15. The number of aryl methyl sites for hydroxylation is 3. The van der Waals surface area contributed by atoms with Crippen molar-refractivity contribution in [3.05, 3.63) is 192 Å². The molecule has 1 heterocycles. The molecule has 4 N–H and O–H groups in total. The Morgan fingerprint density at radius 2 is 1.52 bits per heavy atom. The summed E-state index contributed by atoms with van der Waals surface area (Å²) in [4.78, 5) is 0. The largest absolute Gasteiger partial charge is 0.405 e. The molecule has 0 aliphatic heterocycles. The summed E-state index contributed by atoms with van der Waals surface area (Å²) in [7, 11) is 0. The van der Waals surface area contributed by atoms with Crippen molar-refractivity contribution in [3.63, 3.8) is 0 Å². The van der Waals surface area contributed by atoms with Gasteiger partial charge in [0.1, 0.15) is 0 Å². The highest BCUT2D eigenvalue weighted by atomic mass is 15.0. The molecule has 4 aromatic carbocycles. The third-order valence-corrected chi connectivity index (χ3v) is 9.14. The van der Waals surface area contributed by atoms with E-state index in [2.05, 4.69) is 122 Å². The number of rotatable bonds is 10. The Morgan fingerprint density at radius 3 is 2.31 bits per heavy atom. The van der Waals surface area contributed by atoms with Gasteiger partial charge in [0.15, 0.2) is 0 Å². The first-order valence-corrected chi connectivity index (χ1v) is 16.6. The van der Waals surface area contributed by atoms with Crippen LogP contribution >= 0.6 is 0 Å². The van der Waals surface area contributed by atoms with Crippen LogP contribution in [0.2, 0.25) is 0 Å². The van der Waals surface area contributed by atoms with Crippen LogP contribution in [0, 0.1) is 13.8 Å². The summed E-state index contributed by atoms with van der Waals surface area (Å²) in [6.45, 7) is 8.62. The minimum atomic E-state index is -0.0918. The van der Waals surface area contributed by atoms with E-state index >= 15 is 0 Å². The van der Waals surface area contributed by atoms with Gasteiger partial charge < -0.3 is 16.0 Å². The lowest BCUT2D eigenvalue weighted by molar-refractivity contribution is 0.966. The summed E-state index contributed by atoms with van der Waals surface area (Å²) in [5, 5.41) is 1.28. The second-order valence-corrected chi connectivity index (χ2v) is 12.2. The van der Waals surface area contributed by atoms with E-state index in [0.717, 1.165) is 35.3 Å². The van der Waals surface area contributed by atoms with Gasteiger partial charge in [-0.3, -0.25) is 0 Å². The van der Waals surface area contributed by atoms with Crippen LogP contribution in [0.5, 0.6) is 0 Å². The Labute approximate surface area is 284 Å². The smallest absolute Gasteiger partial charge is 0.0543 e. The molecule has 6 rings (SSSR count). The monoisotopic (exact) mass is 625 g/mol. The molecule has 0 saturated carbocycles. The van der Waals surface area contributed by atoms with Crippen LogP contribution < -0.4 is 11.5 Å². The van der Waals surface area contributed by atoms with Gasteiger partial charge in [-0.25, -0.2) is 0 Å². The van der Waals surface area contributed by atoms with E-state index in [1.165, 1.54) is 56.2 Å². The average molecular weight is 626 g/mol. The van der Waals surface area contributed by atoms with Gasteiger partial charge in [-0.05, 0) is 120 Å². The topological polar surface area (TPSA) is 57.0 Å². The van der Waals surface area contributed by atoms with Crippen molar-refractivity contribution in [2.24, 2.45) is 11.5 Å². The number of hydrogen-bond donors (Lipinski definition) is 2. The SMILES string of the molecule is C=C/C(=C\C=C(\N)C(\C=C/C=C\C=C\N)c1ccccc1)n1c2c(c3ccc(-c4ccc(C)c(-c5ccccc5C)c4)cc31)CCC=C2. The lowest BCUT2D eigenvalue weighted by atomic mass is 9.92. The van der Waals surface area contributed by atoms with Crippen molar-refractivity contribution >= 4 is 22.7 Å². The number of hydrogen-bond acceptors (Lipinski definition) is 2. The Hall–Kier alpha value is -5.80. The number of benzene rings is 4. The molecule has 1 aliphatic rings. The summed E-state index contributed by atoms with van der Waals surface area (Å²) in [6, 6.07) is 32.6. The van der Waals surface area contributed by atoms with Gasteiger partial charge in [-0.1, -0.05) is 116 Å². The Kier molecular flexibility index (Phi) is 9.88. The highest BCUT2D eigenvalue weighted by molar-refractivity contribution is 5.96. The summed E-state index contributed by atoms with van der Waals surface area (Å²) in [6.07, 6.45) is 23.9. The van der Waals surface area contributed by atoms with E-state index in [9.17, 15) is 0 Å². The molecular formula is C45H43N3. The van der Waals surface area contributed by atoms with Crippen LogP contribution in [-0.4, -0.2) is 4.57 Å². The molecule has 0 amide bonds. The minimum Gasteiger partial charge on any atom is -0.405 e. The first kappa shape index (κ1) is 32.2. The van der Waals surface area contributed by atoms with Crippen LogP contribution in [0.4, 0.5) is 0 Å². The predicted octanol–water partition coefficient (Wildman–Crippen LogP) is 10.8. The van der Waals surface area contributed by atoms with E-state index in [0.29, 0.717) is 0 Å². The van der Waals surface area contributed by atoms with Gasteiger partial charge in [0.05, 0.1) is 5.52 Å². The first-order valence-electron chi connectivity index (χ1n) is 16.6. The number of fused-ring (bicyclic) bond motifs is 3. The maximum Gasteiger partial charge on any atom is 0.0543 e. The van der Waals surface area contributed by atoms with Gasteiger partial charge >= 0.3 is 0 Å². The summed E-state index contributed by atoms with van der Waals surface area (Å²) in [5.41, 5.74) is 26.4. The lowest BCUT2D eigenvalue weighted by Crippen LogP contribution is -2.08. The Morgan fingerprint density at radius 1 is 0.792 bits per heavy atom. The van der Waals surface area contributed by atoms with E-state index in [-0.39, 0.29) is 5.92 Å². The second-order valence-electron chi connectivity index (χ2n) is 12.2.